The molecule has 0 spiro atoms. The molecule has 0 saturated carbocycles. The Balaban J connectivity index is 1.61. The predicted octanol–water partition coefficient (Wildman–Crippen LogP) is 4.81. The Kier molecular flexibility index (Phi) is 4.66. The highest BCUT2D eigenvalue weighted by Crippen LogP contribution is 2.34. The summed E-state index contributed by atoms with van der Waals surface area (Å²) in [6.45, 7) is 2.53. The molecule has 1 aromatic heterocycles. The molecule has 0 N–H and O–H groups in total. The van der Waals surface area contributed by atoms with Gasteiger partial charge in [0.1, 0.15) is 11.9 Å². The van der Waals surface area contributed by atoms with Crippen LogP contribution in [0.4, 0.5) is 4.39 Å². The summed E-state index contributed by atoms with van der Waals surface area (Å²) in [4.78, 5) is 19.0. The number of hydrogen-bond donors (Lipinski definition) is 0. The molecule has 1 aliphatic heterocycles. The molecule has 7 heteroatoms. The molecule has 27 heavy (non-hydrogen) atoms. The second-order valence-electron chi connectivity index (χ2n) is 6.60. The predicted molar refractivity (Wildman–Crippen MR) is 98.9 cm³/mol. The average Bonchev–Trinajstić information content (AvgIpc) is 3.32. The number of aromatic nitrogens is 2. The van der Waals surface area contributed by atoms with E-state index >= 15 is 0 Å². The Morgan fingerprint density at radius 3 is 2.81 bits per heavy atom. The van der Waals surface area contributed by atoms with E-state index in [0.717, 1.165) is 23.6 Å². The van der Waals surface area contributed by atoms with Crippen LogP contribution in [0.5, 0.6) is 0 Å². The zero-order valence-corrected chi connectivity index (χ0v) is 15.4. The van der Waals surface area contributed by atoms with Gasteiger partial charge in [0.25, 0.3) is 5.91 Å². The lowest BCUT2D eigenvalue weighted by Gasteiger charge is -2.22. The molecule has 0 aliphatic carbocycles. The summed E-state index contributed by atoms with van der Waals surface area (Å²) in [7, 11) is 0. The summed E-state index contributed by atoms with van der Waals surface area (Å²) >= 11 is 6.09. The quantitative estimate of drug-likeness (QED) is 0.648. The normalized spacial score (nSPS) is 16.7. The number of amides is 1. The summed E-state index contributed by atoms with van der Waals surface area (Å²) in [6, 6.07) is 11.2. The highest BCUT2D eigenvalue weighted by Gasteiger charge is 2.35. The monoisotopic (exact) mass is 385 g/mol. The van der Waals surface area contributed by atoms with Gasteiger partial charge in [-0.05, 0) is 38.0 Å². The van der Waals surface area contributed by atoms with E-state index in [4.69, 9.17) is 16.1 Å². The van der Waals surface area contributed by atoms with Gasteiger partial charge in [0.05, 0.1) is 10.6 Å². The summed E-state index contributed by atoms with van der Waals surface area (Å²) in [5.41, 5.74) is 2.13. The third-order valence-electron chi connectivity index (χ3n) is 4.71. The van der Waals surface area contributed by atoms with Crippen LogP contribution in [-0.2, 0) is 0 Å². The summed E-state index contributed by atoms with van der Waals surface area (Å²) < 4.78 is 19.0. The maximum Gasteiger partial charge on any atom is 0.256 e. The maximum absolute atomic E-state index is 13.6. The van der Waals surface area contributed by atoms with Crippen molar-refractivity contribution in [3.63, 3.8) is 0 Å². The van der Waals surface area contributed by atoms with Gasteiger partial charge < -0.3 is 9.42 Å². The Hall–Kier alpha value is -2.73. The smallest absolute Gasteiger partial charge is 0.256 e. The van der Waals surface area contributed by atoms with E-state index in [2.05, 4.69) is 10.1 Å². The van der Waals surface area contributed by atoms with Crippen molar-refractivity contribution in [3.8, 4) is 11.4 Å². The zero-order valence-electron chi connectivity index (χ0n) is 14.7. The maximum atomic E-state index is 13.6. The van der Waals surface area contributed by atoms with Gasteiger partial charge in [-0.25, -0.2) is 4.39 Å². The number of hydrogen-bond acceptors (Lipinski definition) is 4. The minimum atomic E-state index is -0.502. The minimum Gasteiger partial charge on any atom is -0.337 e. The van der Waals surface area contributed by atoms with Crippen LogP contribution >= 0.6 is 11.6 Å². The number of nitrogens with zero attached hydrogens (tertiary/aromatic N) is 3. The fourth-order valence-electron chi connectivity index (χ4n) is 3.27. The molecule has 0 radical (unpaired) electrons. The molecule has 1 atom stereocenters. The SMILES string of the molecule is Cc1ccc(-c2noc([C@H]3CCCN3C(=O)c3cc(F)ccc3Cl)n2)cc1. The van der Waals surface area contributed by atoms with E-state index in [1.807, 2.05) is 31.2 Å². The summed E-state index contributed by atoms with van der Waals surface area (Å²) in [6.07, 6.45) is 1.50. The van der Waals surface area contributed by atoms with Gasteiger partial charge in [-0.3, -0.25) is 4.79 Å². The fourth-order valence-corrected chi connectivity index (χ4v) is 3.47. The van der Waals surface area contributed by atoms with Crippen LogP contribution in [0, 0.1) is 12.7 Å². The first-order valence-corrected chi connectivity index (χ1v) is 9.07. The first kappa shape index (κ1) is 17.7. The van der Waals surface area contributed by atoms with E-state index in [1.54, 1.807) is 4.90 Å². The Labute approximate surface area is 160 Å². The number of rotatable bonds is 3. The van der Waals surface area contributed by atoms with Crippen molar-refractivity contribution in [2.24, 2.45) is 0 Å². The van der Waals surface area contributed by atoms with Crippen LogP contribution in [0.25, 0.3) is 11.4 Å². The van der Waals surface area contributed by atoms with Gasteiger partial charge in [0.15, 0.2) is 0 Å². The van der Waals surface area contributed by atoms with Gasteiger partial charge in [-0.15, -0.1) is 0 Å². The lowest BCUT2D eigenvalue weighted by Crippen LogP contribution is -2.31. The molecule has 0 unspecified atom stereocenters. The number of benzene rings is 2. The van der Waals surface area contributed by atoms with Crippen molar-refractivity contribution in [3.05, 3.63) is 70.3 Å². The number of likely N-dealkylation sites (tertiary alicyclic amines) is 1. The number of carbonyl (C=O) groups excluding carboxylic acids is 1. The molecule has 2 heterocycles. The number of carbonyl (C=O) groups is 1. The Morgan fingerprint density at radius 1 is 1.26 bits per heavy atom. The van der Waals surface area contributed by atoms with E-state index in [0.29, 0.717) is 24.7 Å². The molecule has 4 rings (SSSR count). The average molecular weight is 386 g/mol. The molecule has 1 aliphatic rings. The molecule has 5 nitrogen and oxygen atoms in total. The summed E-state index contributed by atoms with van der Waals surface area (Å²) in [5, 5.41) is 4.27. The minimum absolute atomic E-state index is 0.141. The molecule has 3 aromatic rings. The van der Waals surface area contributed by atoms with Gasteiger partial charge in [0, 0.05) is 12.1 Å². The fraction of sp³-hybridized carbons (Fsp3) is 0.250. The van der Waals surface area contributed by atoms with E-state index in [9.17, 15) is 9.18 Å². The van der Waals surface area contributed by atoms with Gasteiger partial charge in [0.2, 0.25) is 11.7 Å². The molecule has 138 valence electrons. The third-order valence-corrected chi connectivity index (χ3v) is 5.04. The highest BCUT2D eigenvalue weighted by molar-refractivity contribution is 6.33. The summed E-state index contributed by atoms with van der Waals surface area (Å²) in [5.74, 6) is 0.0204. The van der Waals surface area contributed by atoms with Crippen molar-refractivity contribution >= 4 is 17.5 Å². The van der Waals surface area contributed by atoms with Gasteiger partial charge >= 0.3 is 0 Å². The molecule has 2 aromatic carbocycles. The van der Waals surface area contributed by atoms with Crippen LogP contribution in [-0.4, -0.2) is 27.5 Å². The molecule has 1 saturated heterocycles. The topological polar surface area (TPSA) is 59.2 Å². The number of halogens is 2. The van der Waals surface area contributed by atoms with Gasteiger partial charge in [-0.1, -0.05) is 46.6 Å². The van der Waals surface area contributed by atoms with E-state index in [-0.39, 0.29) is 22.5 Å². The van der Waals surface area contributed by atoms with Gasteiger partial charge in [-0.2, -0.15) is 4.98 Å². The van der Waals surface area contributed by atoms with Crippen molar-refractivity contribution in [2.75, 3.05) is 6.54 Å². The molecular weight excluding hydrogens is 369 g/mol. The zero-order chi connectivity index (χ0) is 19.0. The largest absolute Gasteiger partial charge is 0.337 e. The van der Waals surface area contributed by atoms with Crippen molar-refractivity contribution in [1.82, 2.24) is 15.0 Å². The van der Waals surface area contributed by atoms with Crippen molar-refractivity contribution < 1.29 is 13.7 Å². The van der Waals surface area contributed by atoms with Crippen LogP contribution in [0.2, 0.25) is 5.02 Å². The first-order chi connectivity index (χ1) is 13.0. The second kappa shape index (κ2) is 7.12. The number of aryl methyl sites for hydroxylation is 1. The first-order valence-electron chi connectivity index (χ1n) is 8.69. The molecular formula is C20H17ClFN3O2. The molecule has 0 bridgehead atoms. The Bertz CT molecular complexity index is 987. The standard InChI is InChI=1S/C20H17ClFN3O2/c1-12-4-6-13(7-5-12)18-23-19(27-24-18)17-3-2-10-25(17)20(26)15-11-14(22)8-9-16(15)21/h4-9,11,17H,2-3,10H2,1H3/t17-/m1/s1. The molecule has 1 fully saturated rings. The van der Waals surface area contributed by atoms with E-state index < -0.39 is 5.82 Å². The second-order valence-corrected chi connectivity index (χ2v) is 7.01. The van der Waals surface area contributed by atoms with Crippen LogP contribution < -0.4 is 0 Å². The van der Waals surface area contributed by atoms with E-state index in [1.165, 1.54) is 12.1 Å². The lowest BCUT2D eigenvalue weighted by atomic mass is 10.1. The van der Waals surface area contributed by atoms with Crippen molar-refractivity contribution in [2.45, 2.75) is 25.8 Å². The lowest BCUT2D eigenvalue weighted by molar-refractivity contribution is 0.0710. The van der Waals surface area contributed by atoms with Crippen molar-refractivity contribution in [1.29, 1.82) is 0 Å². The highest BCUT2D eigenvalue weighted by atomic mass is 35.5. The third kappa shape index (κ3) is 3.45. The van der Waals surface area contributed by atoms with Crippen LogP contribution in [0.15, 0.2) is 47.0 Å². The van der Waals surface area contributed by atoms with Crippen LogP contribution in [0.1, 0.15) is 40.7 Å². The molecule has 1 amide bonds. The van der Waals surface area contributed by atoms with Crippen LogP contribution in [0.3, 0.4) is 0 Å². The Morgan fingerprint density at radius 2 is 2.04 bits per heavy atom.